The molecule has 0 radical (unpaired) electrons. The highest BCUT2D eigenvalue weighted by Crippen LogP contribution is 2.42. The van der Waals surface area contributed by atoms with Crippen LogP contribution in [0.2, 0.25) is 0 Å². The summed E-state index contributed by atoms with van der Waals surface area (Å²) >= 11 is 0. The highest BCUT2D eigenvalue weighted by molar-refractivity contribution is 5.80. The number of nitrogens with one attached hydrogen (secondary N) is 2. The average Bonchev–Trinajstić information content (AvgIpc) is 3.03. The Bertz CT molecular complexity index is 1160. The highest BCUT2D eigenvalue weighted by atomic mass is 15.4. The van der Waals surface area contributed by atoms with Crippen molar-refractivity contribution >= 4 is 22.7 Å². The minimum atomic E-state index is -0.477. The third kappa shape index (κ3) is 2.74. The third-order valence-electron chi connectivity index (χ3n) is 5.27. The van der Waals surface area contributed by atoms with Gasteiger partial charge in [0.25, 0.3) is 0 Å². The highest BCUT2D eigenvalue weighted by Gasteiger charge is 2.30. The van der Waals surface area contributed by atoms with E-state index in [9.17, 15) is 0 Å². The zero-order valence-corrected chi connectivity index (χ0v) is 16.4. The van der Waals surface area contributed by atoms with Gasteiger partial charge in [0.1, 0.15) is 17.5 Å². The summed E-state index contributed by atoms with van der Waals surface area (Å²) in [6, 6.07) is 2.05. The van der Waals surface area contributed by atoms with Crippen LogP contribution in [0, 0.1) is 6.92 Å². The molecule has 2 N–H and O–H groups in total. The lowest BCUT2D eigenvalue weighted by Crippen LogP contribution is -2.30. The summed E-state index contributed by atoms with van der Waals surface area (Å²) in [4.78, 5) is 17.0. The Morgan fingerprint density at radius 1 is 1.21 bits per heavy atom. The molecule has 0 saturated heterocycles. The van der Waals surface area contributed by atoms with Crippen molar-refractivity contribution in [2.75, 3.05) is 5.32 Å². The van der Waals surface area contributed by atoms with E-state index in [0.29, 0.717) is 17.7 Å². The van der Waals surface area contributed by atoms with Crippen LogP contribution >= 0.6 is 0 Å². The Balaban J connectivity index is 1.49. The van der Waals surface area contributed by atoms with E-state index in [0.717, 1.165) is 28.1 Å². The van der Waals surface area contributed by atoms with Crippen molar-refractivity contribution in [3.63, 3.8) is 0 Å². The van der Waals surface area contributed by atoms with Gasteiger partial charge >= 0.3 is 0 Å². The van der Waals surface area contributed by atoms with Gasteiger partial charge in [-0.1, -0.05) is 0 Å². The Morgan fingerprint density at radius 3 is 2.75 bits per heavy atom. The van der Waals surface area contributed by atoms with E-state index in [1.165, 1.54) is 12.8 Å². The molecule has 0 aromatic carbocycles. The summed E-state index contributed by atoms with van der Waals surface area (Å²) in [5.74, 6) is 1.84. The van der Waals surface area contributed by atoms with Crippen LogP contribution in [0.15, 0.2) is 24.8 Å². The maximum Gasteiger partial charge on any atom is 0.229 e. The van der Waals surface area contributed by atoms with Crippen molar-refractivity contribution in [1.29, 1.82) is 0 Å². The molecule has 0 aliphatic heterocycles. The smallest absolute Gasteiger partial charge is 0.229 e. The van der Waals surface area contributed by atoms with E-state index in [1.807, 2.05) is 44.9 Å². The number of aryl methyl sites for hydroxylation is 2. The zero-order chi connectivity index (χ0) is 19.5. The molecule has 1 aliphatic rings. The van der Waals surface area contributed by atoms with Gasteiger partial charge in [-0.25, -0.2) is 9.97 Å². The van der Waals surface area contributed by atoms with Crippen molar-refractivity contribution in [1.82, 2.24) is 39.5 Å². The van der Waals surface area contributed by atoms with Crippen molar-refractivity contribution in [3.8, 4) is 0 Å². The van der Waals surface area contributed by atoms with Crippen LogP contribution in [0.1, 0.15) is 49.8 Å². The quantitative estimate of drug-likeness (QED) is 0.554. The van der Waals surface area contributed by atoms with Crippen LogP contribution in [-0.2, 0) is 12.6 Å². The molecule has 0 spiro atoms. The molecule has 0 bridgehead atoms. The second-order valence-electron chi connectivity index (χ2n) is 7.95. The number of rotatable bonds is 5. The number of hydrogen-bond acceptors (Lipinski definition) is 6. The number of anilines is 2. The van der Waals surface area contributed by atoms with Gasteiger partial charge in [-0.15, -0.1) is 0 Å². The van der Waals surface area contributed by atoms with Crippen LogP contribution in [0.3, 0.4) is 0 Å². The number of fused-ring (bicyclic) bond motifs is 1. The molecule has 0 amide bonds. The van der Waals surface area contributed by atoms with Crippen LogP contribution in [0.25, 0.3) is 11.0 Å². The molecule has 1 aliphatic carbocycles. The van der Waals surface area contributed by atoms with Gasteiger partial charge in [0.2, 0.25) is 5.95 Å². The lowest BCUT2D eigenvalue weighted by atomic mass is 10.1. The molecule has 5 rings (SSSR count). The molecule has 9 nitrogen and oxygen atoms in total. The average molecular weight is 377 g/mol. The molecule has 4 aromatic rings. The second-order valence-corrected chi connectivity index (χ2v) is 7.95. The molecule has 9 heteroatoms. The van der Waals surface area contributed by atoms with Crippen LogP contribution in [0.5, 0.6) is 0 Å². The Morgan fingerprint density at radius 2 is 2.04 bits per heavy atom. The Kier molecular flexibility index (Phi) is 3.55. The molecule has 28 heavy (non-hydrogen) atoms. The molecular weight excluding hydrogens is 354 g/mol. The Hall–Kier alpha value is -3.23. The first kappa shape index (κ1) is 16.9. The minimum Gasteiger partial charge on any atom is -0.346 e. The fraction of sp³-hybridized carbons (Fsp3) is 0.421. The first-order chi connectivity index (χ1) is 13.4. The van der Waals surface area contributed by atoms with E-state index < -0.39 is 5.54 Å². The van der Waals surface area contributed by atoms with Gasteiger partial charge in [0, 0.05) is 30.7 Å². The number of nitrogens with zero attached hydrogens (tertiary/aromatic N) is 7. The van der Waals surface area contributed by atoms with Gasteiger partial charge in [0.15, 0.2) is 5.82 Å². The van der Waals surface area contributed by atoms with Crippen molar-refractivity contribution < 1.29 is 0 Å². The van der Waals surface area contributed by atoms with E-state index >= 15 is 0 Å². The maximum atomic E-state index is 4.80. The predicted octanol–water partition coefficient (Wildman–Crippen LogP) is 3.00. The van der Waals surface area contributed by atoms with Crippen molar-refractivity contribution in [3.05, 3.63) is 42.0 Å². The first-order valence-electron chi connectivity index (χ1n) is 9.47. The topological polar surface area (TPSA) is 102 Å². The molecule has 144 valence electrons. The van der Waals surface area contributed by atoms with Gasteiger partial charge in [-0.2, -0.15) is 15.2 Å². The summed E-state index contributed by atoms with van der Waals surface area (Å²) in [5, 5.41) is 13.6. The molecular formula is C19H23N9. The van der Waals surface area contributed by atoms with E-state index in [1.54, 1.807) is 11.0 Å². The summed E-state index contributed by atoms with van der Waals surface area (Å²) in [7, 11) is 1.86. The fourth-order valence-electron chi connectivity index (χ4n) is 3.40. The number of aromatic amines is 1. The molecule has 1 fully saturated rings. The molecule has 4 aromatic heterocycles. The van der Waals surface area contributed by atoms with Gasteiger partial charge in [-0.05, 0) is 39.7 Å². The molecule has 4 heterocycles. The Labute approximate surface area is 162 Å². The zero-order valence-electron chi connectivity index (χ0n) is 16.4. The summed E-state index contributed by atoms with van der Waals surface area (Å²) in [6.07, 6.45) is 7.97. The normalized spacial score (nSPS) is 14.7. The molecule has 0 unspecified atom stereocenters. The second kappa shape index (κ2) is 5.88. The van der Waals surface area contributed by atoms with Crippen LogP contribution in [0.4, 0.5) is 11.6 Å². The number of aromatic nitrogens is 8. The lowest BCUT2D eigenvalue weighted by Gasteiger charge is -2.21. The maximum absolute atomic E-state index is 4.80. The molecule has 0 atom stereocenters. The minimum absolute atomic E-state index is 0.477. The third-order valence-corrected chi connectivity index (χ3v) is 5.27. The van der Waals surface area contributed by atoms with E-state index in [-0.39, 0.29) is 0 Å². The number of hydrogen-bond donors (Lipinski definition) is 2. The van der Waals surface area contributed by atoms with Crippen molar-refractivity contribution in [2.24, 2.45) is 7.05 Å². The largest absolute Gasteiger partial charge is 0.346 e. The summed E-state index contributed by atoms with van der Waals surface area (Å²) in [6.45, 7) is 6.06. The predicted molar refractivity (Wildman–Crippen MR) is 106 cm³/mol. The van der Waals surface area contributed by atoms with E-state index in [2.05, 4.69) is 36.5 Å². The first-order valence-corrected chi connectivity index (χ1v) is 9.47. The van der Waals surface area contributed by atoms with E-state index in [4.69, 9.17) is 4.98 Å². The number of H-pyrrole nitrogens is 1. The molecule has 1 saturated carbocycles. The van der Waals surface area contributed by atoms with Crippen molar-refractivity contribution in [2.45, 2.75) is 45.1 Å². The van der Waals surface area contributed by atoms with Gasteiger partial charge < -0.3 is 10.3 Å². The standard InChI is InChI=1S/C19H23N9/c1-11-14(9-28(25-11)19(2,3)17-21-10-27(4)26-17)22-18-23-15(12-5-6-12)13-7-8-20-16(13)24-18/h7-10,12H,5-6H2,1-4H3,(H2,20,22,23,24). The van der Waals surface area contributed by atoms with Crippen LogP contribution in [-0.4, -0.2) is 39.5 Å². The lowest BCUT2D eigenvalue weighted by molar-refractivity contribution is 0.365. The SMILES string of the molecule is Cc1nn(C(C)(C)c2ncn(C)n2)cc1Nc1nc(C2CC2)c2cc[nH]c2n1. The summed E-state index contributed by atoms with van der Waals surface area (Å²) in [5.41, 5.74) is 3.25. The fourth-order valence-corrected chi connectivity index (χ4v) is 3.40. The monoisotopic (exact) mass is 377 g/mol. The van der Waals surface area contributed by atoms with Crippen LogP contribution < -0.4 is 5.32 Å². The van der Waals surface area contributed by atoms with Gasteiger partial charge in [0.05, 0.1) is 17.1 Å². The summed E-state index contributed by atoms with van der Waals surface area (Å²) < 4.78 is 3.58. The van der Waals surface area contributed by atoms with Gasteiger partial charge in [-0.3, -0.25) is 9.36 Å².